The van der Waals surface area contributed by atoms with Crippen LogP contribution in [0.1, 0.15) is 16.2 Å². The van der Waals surface area contributed by atoms with Crippen molar-refractivity contribution >= 4 is 28.4 Å². The van der Waals surface area contributed by atoms with Gasteiger partial charge < -0.3 is 4.42 Å². The van der Waals surface area contributed by atoms with Gasteiger partial charge in [0.1, 0.15) is 12.1 Å². The van der Waals surface area contributed by atoms with Gasteiger partial charge in [0.25, 0.3) is 0 Å². The molecule has 0 amide bonds. The number of rotatable bonds is 3. The predicted octanol–water partition coefficient (Wildman–Crippen LogP) is 3.47. The van der Waals surface area contributed by atoms with Crippen LogP contribution in [0.4, 0.5) is 0 Å². The maximum atomic E-state index is 12.1. The third-order valence-corrected chi connectivity index (χ3v) is 3.26. The fourth-order valence-electron chi connectivity index (χ4n) is 1.92. The van der Waals surface area contributed by atoms with E-state index in [1.807, 2.05) is 24.3 Å². The number of fused-ring (bicyclic) bond motifs is 1. The van der Waals surface area contributed by atoms with E-state index in [1.54, 1.807) is 19.2 Å². The molecule has 0 atom stereocenters. The molecule has 1 aromatic carbocycles. The lowest BCUT2D eigenvalue weighted by Crippen LogP contribution is -2.10. The fraction of sp³-hybridized carbons (Fsp3) is 0.143. The smallest absolute Gasteiger partial charge is 0.219 e. The highest BCUT2D eigenvalue weighted by atomic mass is 35.5. The van der Waals surface area contributed by atoms with Gasteiger partial charge in [0.15, 0.2) is 5.76 Å². The monoisotopic (exact) mass is 274 g/mol. The summed E-state index contributed by atoms with van der Waals surface area (Å²) >= 11 is 5.91. The first-order valence-electron chi connectivity index (χ1n) is 5.85. The molecule has 0 fully saturated rings. The van der Waals surface area contributed by atoms with Crippen LogP contribution in [0.25, 0.3) is 11.0 Å². The molecule has 96 valence electrons. The summed E-state index contributed by atoms with van der Waals surface area (Å²) in [4.78, 5) is 12.1. The number of para-hydroxylation sites is 1. The maximum Gasteiger partial charge on any atom is 0.219 e. The van der Waals surface area contributed by atoms with Crippen LogP contribution >= 0.6 is 11.6 Å². The highest BCUT2D eigenvalue weighted by Gasteiger charge is 2.14. The van der Waals surface area contributed by atoms with Crippen LogP contribution in [-0.2, 0) is 6.54 Å². The summed E-state index contributed by atoms with van der Waals surface area (Å²) in [6.45, 7) is 1.91. The molecule has 0 aliphatic carbocycles. The molecule has 0 radical (unpaired) electrons. The van der Waals surface area contributed by atoms with Crippen molar-refractivity contribution in [2.24, 2.45) is 0 Å². The van der Waals surface area contributed by atoms with Gasteiger partial charge in [-0.3, -0.25) is 9.48 Å². The van der Waals surface area contributed by atoms with Gasteiger partial charge >= 0.3 is 0 Å². The molecule has 19 heavy (non-hydrogen) atoms. The van der Waals surface area contributed by atoms with Crippen molar-refractivity contribution in [1.82, 2.24) is 9.78 Å². The van der Waals surface area contributed by atoms with E-state index in [1.165, 1.54) is 4.68 Å². The van der Waals surface area contributed by atoms with Crippen LogP contribution in [0.2, 0.25) is 5.02 Å². The number of benzene rings is 1. The highest BCUT2D eigenvalue weighted by Crippen LogP contribution is 2.20. The SMILES string of the molecule is Cc1nn(CC(=O)c2cc3ccccc3o2)cc1Cl. The Kier molecular flexibility index (Phi) is 2.87. The zero-order valence-corrected chi connectivity index (χ0v) is 11.0. The van der Waals surface area contributed by atoms with Gasteiger partial charge in [0.05, 0.1) is 10.7 Å². The first kappa shape index (κ1) is 12.0. The Labute approximate surface area is 114 Å². The Morgan fingerprint density at radius 3 is 2.89 bits per heavy atom. The summed E-state index contributed by atoms with van der Waals surface area (Å²) in [5, 5.41) is 5.62. The number of nitrogens with zero attached hydrogens (tertiary/aromatic N) is 2. The van der Waals surface area contributed by atoms with E-state index in [-0.39, 0.29) is 12.3 Å². The van der Waals surface area contributed by atoms with E-state index in [0.29, 0.717) is 22.1 Å². The fourth-order valence-corrected chi connectivity index (χ4v) is 2.07. The van der Waals surface area contributed by atoms with Gasteiger partial charge in [-0.15, -0.1) is 0 Å². The Morgan fingerprint density at radius 2 is 2.21 bits per heavy atom. The Balaban J connectivity index is 1.87. The number of carbonyl (C=O) groups is 1. The quantitative estimate of drug-likeness (QED) is 0.687. The van der Waals surface area contributed by atoms with Crippen molar-refractivity contribution in [3.05, 3.63) is 53.0 Å². The van der Waals surface area contributed by atoms with Crippen molar-refractivity contribution in [3.63, 3.8) is 0 Å². The second-order valence-electron chi connectivity index (χ2n) is 4.33. The maximum absolute atomic E-state index is 12.1. The predicted molar refractivity (Wildman–Crippen MR) is 72.5 cm³/mol. The minimum absolute atomic E-state index is 0.118. The molecule has 0 bridgehead atoms. The zero-order valence-electron chi connectivity index (χ0n) is 10.3. The number of hydrogen-bond donors (Lipinski definition) is 0. The molecule has 0 aliphatic rings. The van der Waals surface area contributed by atoms with E-state index in [0.717, 1.165) is 5.39 Å². The number of hydrogen-bond acceptors (Lipinski definition) is 3. The van der Waals surface area contributed by atoms with Crippen LogP contribution in [0.15, 0.2) is 40.9 Å². The number of ketones is 1. The van der Waals surface area contributed by atoms with Crippen LogP contribution in [0.3, 0.4) is 0 Å². The molecule has 0 spiro atoms. The van der Waals surface area contributed by atoms with Gasteiger partial charge in [0.2, 0.25) is 5.78 Å². The molecule has 2 heterocycles. The third-order valence-electron chi connectivity index (χ3n) is 2.89. The standard InChI is InChI=1S/C14H11ClN2O2/c1-9-11(15)7-17(16-9)8-12(18)14-6-10-4-2-3-5-13(10)19-14/h2-7H,8H2,1H3. The Hall–Kier alpha value is -2.07. The van der Waals surface area contributed by atoms with E-state index >= 15 is 0 Å². The summed E-state index contributed by atoms with van der Waals surface area (Å²) in [5.41, 5.74) is 1.42. The van der Waals surface area contributed by atoms with Crippen molar-refractivity contribution in [1.29, 1.82) is 0 Å². The van der Waals surface area contributed by atoms with Crippen molar-refractivity contribution < 1.29 is 9.21 Å². The Bertz CT molecular complexity index is 705. The summed E-state index contributed by atoms with van der Waals surface area (Å²) in [7, 11) is 0. The van der Waals surface area contributed by atoms with Gasteiger partial charge in [-0.05, 0) is 19.1 Å². The summed E-state index contributed by atoms with van der Waals surface area (Å²) in [6, 6.07) is 9.26. The average Bonchev–Trinajstić information content (AvgIpc) is 2.93. The first-order chi connectivity index (χ1) is 9.13. The second kappa shape index (κ2) is 4.55. The lowest BCUT2D eigenvalue weighted by Gasteiger charge is -1.97. The minimum atomic E-state index is -0.129. The highest BCUT2D eigenvalue weighted by molar-refractivity contribution is 6.31. The molecular weight excluding hydrogens is 264 g/mol. The molecule has 4 nitrogen and oxygen atoms in total. The second-order valence-corrected chi connectivity index (χ2v) is 4.74. The van der Waals surface area contributed by atoms with Crippen LogP contribution in [0.5, 0.6) is 0 Å². The molecule has 5 heteroatoms. The lowest BCUT2D eigenvalue weighted by molar-refractivity contribution is 0.0942. The van der Waals surface area contributed by atoms with E-state index < -0.39 is 0 Å². The summed E-state index contributed by atoms with van der Waals surface area (Å²) in [6.07, 6.45) is 1.64. The van der Waals surface area contributed by atoms with Crippen LogP contribution in [-0.4, -0.2) is 15.6 Å². The van der Waals surface area contributed by atoms with Gasteiger partial charge in [-0.25, -0.2) is 0 Å². The first-order valence-corrected chi connectivity index (χ1v) is 6.22. The van der Waals surface area contributed by atoms with E-state index in [2.05, 4.69) is 5.10 Å². The normalized spacial score (nSPS) is 11.1. The average molecular weight is 275 g/mol. The molecule has 3 aromatic rings. The number of aryl methyl sites for hydroxylation is 1. The van der Waals surface area contributed by atoms with E-state index in [9.17, 15) is 4.79 Å². The zero-order chi connectivity index (χ0) is 13.4. The largest absolute Gasteiger partial charge is 0.453 e. The molecule has 0 N–H and O–H groups in total. The third kappa shape index (κ3) is 2.27. The van der Waals surface area contributed by atoms with Gasteiger partial charge in [-0.1, -0.05) is 29.8 Å². The molecule has 0 aliphatic heterocycles. The Morgan fingerprint density at radius 1 is 1.42 bits per heavy atom. The van der Waals surface area contributed by atoms with Gasteiger partial charge in [-0.2, -0.15) is 5.10 Å². The number of carbonyl (C=O) groups excluding carboxylic acids is 1. The number of aromatic nitrogens is 2. The van der Waals surface area contributed by atoms with Crippen molar-refractivity contribution in [2.75, 3.05) is 0 Å². The van der Waals surface area contributed by atoms with Gasteiger partial charge in [0, 0.05) is 11.6 Å². The summed E-state index contributed by atoms with van der Waals surface area (Å²) < 4.78 is 7.04. The number of Topliss-reactive ketones (excluding diaryl/α,β-unsaturated/α-hetero) is 1. The lowest BCUT2D eigenvalue weighted by atomic mass is 10.2. The van der Waals surface area contributed by atoms with Crippen LogP contribution in [0, 0.1) is 6.92 Å². The topological polar surface area (TPSA) is 48.0 Å². The summed E-state index contributed by atoms with van der Waals surface area (Å²) in [5.74, 6) is 0.209. The van der Waals surface area contributed by atoms with Crippen molar-refractivity contribution in [3.8, 4) is 0 Å². The number of halogens is 1. The molecule has 0 unspecified atom stereocenters. The van der Waals surface area contributed by atoms with Crippen molar-refractivity contribution in [2.45, 2.75) is 13.5 Å². The number of furan rings is 1. The minimum Gasteiger partial charge on any atom is -0.453 e. The molecule has 3 rings (SSSR count). The van der Waals surface area contributed by atoms with Crippen LogP contribution < -0.4 is 0 Å². The molecular formula is C14H11ClN2O2. The molecule has 0 saturated carbocycles. The van der Waals surface area contributed by atoms with E-state index in [4.69, 9.17) is 16.0 Å². The molecule has 2 aromatic heterocycles. The molecule has 0 saturated heterocycles.